The Morgan fingerprint density at radius 3 is 1.83 bits per heavy atom. The molecule has 0 aromatic heterocycles. The van der Waals surface area contributed by atoms with E-state index in [0.29, 0.717) is 0 Å². The first-order valence-corrected chi connectivity index (χ1v) is 10.2. The molecular weight excluding hydrogens is 360 g/mol. The van der Waals surface area contributed by atoms with Crippen LogP contribution in [0.1, 0.15) is 82.7 Å². The van der Waals surface area contributed by atoms with E-state index in [1.165, 1.54) is 18.2 Å². The van der Waals surface area contributed by atoms with E-state index in [9.17, 15) is 9.90 Å². The monoisotopic (exact) mass is 396 g/mol. The van der Waals surface area contributed by atoms with Gasteiger partial charge in [0, 0.05) is 5.41 Å². The lowest BCUT2D eigenvalue weighted by Gasteiger charge is -2.33. The maximum atomic E-state index is 12.4. The molecule has 2 rings (SSSR count). The molecular formula is C26H36O3. The minimum atomic E-state index is -0.575. The van der Waals surface area contributed by atoms with Crippen LogP contribution in [0.2, 0.25) is 0 Å². The molecule has 3 heteroatoms. The summed E-state index contributed by atoms with van der Waals surface area (Å²) in [7, 11) is 1.43. The minimum absolute atomic E-state index is 0.00219. The zero-order valence-corrected chi connectivity index (χ0v) is 19.4. The van der Waals surface area contributed by atoms with Gasteiger partial charge in [-0.05, 0) is 51.6 Å². The summed E-state index contributed by atoms with van der Waals surface area (Å²) in [4.78, 5) is 12.4. The maximum Gasteiger partial charge on any atom is 0.306 e. The third-order valence-corrected chi connectivity index (χ3v) is 5.85. The zero-order valence-electron chi connectivity index (χ0n) is 19.4. The Balaban J connectivity index is 2.76. The first kappa shape index (κ1) is 23.0. The van der Waals surface area contributed by atoms with Gasteiger partial charge in [-0.25, -0.2) is 0 Å². The molecule has 1 atom stereocenters. The van der Waals surface area contributed by atoms with E-state index < -0.39 is 5.41 Å². The van der Waals surface area contributed by atoms with E-state index in [4.69, 9.17) is 4.74 Å². The van der Waals surface area contributed by atoms with Gasteiger partial charge in [0.15, 0.2) is 0 Å². The quantitative estimate of drug-likeness (QED) is 0.629. The van der Waals surface area contributed by atoms with Crippen molar-refractivity contribution in [1.82, 2.24) is 0 Å². The summed E-state index contributed by atoms with van der Waals surface area (Å²) >= 11 is 0. The van der Waals surface area contributed by atoms with Crippen LogP contribution >= 0.6 is 0 Å². The molecule has 2 aromatic rings. The predicted octanol–water partition coefficient (Wildman–Crippen LogP) is 6.16. The van der Waals surface area contributed by atoms with Gasteiger partial charge in [-0.2, -0.15) is 0 Å². The number of aromatic hydroxyl groups is 1. The minimum Gasteiger partial charge on any atom is -0.508 e. The first-order valence-electron chi connectivity index (χ1n) is 10.2. The van der Waals surface area contributed by atoms with Gasteiger partial charge in [0.1, 0.15) is 5.75 Å². The molecule has 1 unspecified atom stereocenters. The van der Waals surface area contributed by atoms with Crippen molar-refractivity contribution < 1.29 is 14.6 Å². The molecule has 29 heavy (non-hydrogen) atoms. The van der Waals surface area contributed by atoms with Gasteiger partial charge in [0.05, 0.1) is 13.5 Å². The van der Waals surface area contributed by atoms with Gasteiger partial charge < -0.3 is 9.84 Å². The van der Waals surface area contributed by atoms with E-state index in [-0.39, 0.29) is 29.0 Å². The van der Waals surface area contributed by atoms with E-state index >= 15 is 0 Å². The van der Waals surface area contributed by atoms with Crippen LogP contribution in [-0.4, -0.2) is 18.2 Å². The molecule has 158 valence electrons. The first-order chi connectivity index (χ1) is 13.2. The highest BCUT2D eigenvalue weighted by molar-refractivity contribution is 5.73. The van der Waals surface area contributed by atoms with Crippen molar-refractivity contribution in [2.45, 2.75) is 78.1 Å². The number of ether oxygens (including phenoxy) is 1. The molecule has 0 amide bonds. The fraction of sp³-hybridized carbons (Fsp3) is 0.500. The van der Waals surface area contributed by atoms with E-state index in [0.717, 1.165) is 16.7 Å². The van der Waals surface area contributed by atoms with Gasteiger partial charge >= 0.3 is 5.97 Å². The number of hydrogen-bond acceptors (Lipinski definition) is 3. The van der Waals surface area contributed by atoms with Crippen LogP contribution in [-0.2, 0) is 25.8 Å². The number of rotatable bonds is 4. The second kappa shape index (κ2) is 7.85. The Morgan fingerprint density at radius 1 is 0.862 bits per heavy atom. The van der Waals surface area contributed by atoms with E-state index in [2.05, 4.69) is 73.6 Å². The lowest BCUT2D eigenvalue weighted by atomic mass is 9.70. The van der Waals surface area contributed by atoms with Crippen molar-refractivity contribution in [3.8, 4) is 5.75 Å². The van der Waals surface area contributed by atoms with Gasteiger partial charge in [-0.15, -0.1) is 0 Å². The molecule has 0 saturated heterocycles. The number of hydrogen-bond donors (Lipinski definition) is 1. The molecule has 0 aliphatic rings. The number of phenols is 1. The number of benzene rings is 2. The number of phenolic OH excluding ortho intramolecular Hbond substituents is 1. The normalized spacial score (nSPS) is 14.4. The number of aryl methyl sites for hydroxylation is 1. The summed E-state index contributed by atoms with van der Waals surface area (Å²) in [6.07, 6.45) is 0.227. The number of methoxy groups -OCH3 is 1. The topological polar surface area (TPSA) is 46.5 Å². The largest absolute Gasteiger partial charge is 0.508 e. The SMILES string of the molecule is COC(=O)CC(C)(c1ccc(C)c(C(C)(C)C)c1)c1ccc(O)c(C(C)(C)C)c1. The van der Waals surface area contributed by atoms with E-state index in [1.54, 1.807) is 6.07 Å². The van der Waals surface area contributed by atoms with Crippen molar-refractivity contribution in [3.05, 3.63) is 64.2 Å². The van der Waals surface area contributed by atoms with Crippen molar-refractivity contribution in [2.24, 2.45) is 0 Å². The van der Waals surface area contributed by atoms with Crippen LogP contribution in [0.4, 0.5) is 0 Å². The van der Waals surface area contributed by atoms with Crippen LogP contribution in [0, 0.1) is 6.92 Å². The summed E-state index contributed by atoms with van der Waals surface area (Å²) in [6, 6.07) is 12.2. The van der Waals surface area contributed by atoms with Crippen molar-refractivity contribution in [1.29, 1.82) is 0 Å². The highest BCUT2D eigenvalue weighted by Crippen LogP contribution is 2.41. The molecule has 0 fully saturated rings. The van der Waals surface area contributed by atoms with Crippen LogP contribution in [0.25, 0.3) is 0 Å². The molecule has 0 aliphatic heterocycles. The Kier molecular flexibility index (Phi) is 6.23. The molecule has 3 nitrogen and oxygen atoms in total. The molecule has 0 aliphatic carbocycles. The third-order valence-electron chi connectivity index (χ3n) is 5.85. The molecule has 0 bridgehead atoms. The molecule has 0 saturated carbocycles. The fourth-order valence-corrected chi connectivity index (χ4v) is 3.98. The summed E-state index contributed by atoms with van der Waals surface area (Å²) in [5.74, 6) is 0.0247. The Hall–Kier alpha value is -2.29. The van der Waals surface area contributed by atoms with Crippen LogP contribution < -0.4 is 0 Å². The Labute approximate surface area is 176 Å². The van der Waals surface area contributed by atoms with Crippen molar-refractivity contribution in [3.63, 3.8) is 0 Å². The zero-order chi connectivity index (χ0) is 22.2. The highest BCUT2D eigenvalue weighted by atomic mass is 16.5. The van der Waals surface area contributed by atoms with Crippen molar-refractivity contribution in [2.75, 3.05) is 7.11 Å². The smallest absolute Gasteiger partial charge is 0.306 e. The maximum absolute atomic E-state index is 12.4. The molecule has 0 radical (unpaired) electrons. The van der Waals surface area contributed by atoms with Gasteiger partial charge in [-0.1, -0.05) is 78.8 Å². The number of esters is 1. The Morgan fingerprint density at radius 2 is 1.34 bits per heavy atom. The summed E-state index contributed by atoms with van der Waals surface area (Å²) in [5, 5.41) is 10.4. The second-order valence-electron chi connectivity index (χ2n) is 10.3. The van der Waals surface area contributed by atoms with E-state index in [1.807, 2.05) is 12.1 Å². The molecule has 2 aromatic carbocycles. The van der Waals surface area contributed by atoms with Gasteiger partial charge in [0.2, 0.25) is 0 Å². The third kappa shape index (κ3) is 4.83. The Bertz CT molecular complexity index is 832. The lowest BCUT2D eigenvalue weighted by molar-refractivity contribution is -0.141. The lowest BCUT2D eigenvalue weighted by Crippen LogP contribution is -2.29. The average molecular weight is 397 g/mol. The predicted molar refractivity (Wildman–Crippen MR) is 120 cm³/mol. The van der Waals surface area contributed by atoms with Crippen LogP contribution in [0.5, 0.6) is 5.75 Å². The number of carbonyl (C=O) groups excluding carboxylic acids is 1. The van der Waals surface area contributed by atoms with Gasteiger partial charge in [0.25, 0.3) is 0 Å². The average Bonchev–Trinajstić information content (AvgIpc) is 2.60. The molecule has 0 heterocycles. The summed E-state index contributed by atoms with van der Waals surface area (Å²) in [5.41, 5.74) is 4.65. The second-order valence-corrected chi connectivity index (χ2v) is 10.3. The van der Waals surface area contributed by atoms with Crippen LogP contribution in [0.3, 0.4) is 0 Å². The highest BCUT2D eigenvalue weighted by Gasteiger charge is 2.35. The van der Waals surface area contributed by atoms with Crippen LogP contribution in [0.15, 0.2) is 36.4 Å². The molecule has 1 N–H and O–H groups in total. The van der Waals surface area contributed by atoms with Gasteiger partial charge in [-0.3, -0.25) is 4.79 Å². The molecule has 0 spiro atoms. The summed E-state index contributed by atoms with van der Waals surface area (Å²) < 4.78 is 5.04. The number of carbonyl (C=O) groups is 1. The standard InChI is InChI=1S/C26H36O3/c1-17-10-11-18(14-20(17)24(2,3)4)26(8,16-23(28)29-9)19-12-13-22(27)21(15-19)25(5,6)7/h10-15,27H,16H2,1-9H3. The fourth-order valence-electron chi connectivity index (χ4n) is 3.98. The van der Waals surface area contributed by atoms with Crippen molar-refractivity contribution >= 4 is 5.97 Å². The summed E-state index contributed by atoms with van der Waals surface area (Å²) in [6.45, 7) is 17.0.